The van der Waals surface area contributed by atoms with Gasteiger partial charge in [0.05, 0.1) is 38.6 Å². The van der Waals surface area contributed by atoms with Crippen molar-refractivity contribution >= 4 is 5.91 Å². The van der Waals surface area contributed by atoms with Crippen LogP contribution in [0.5, 0.6) is 0 Å². The number of carbonyl (C=O) groups is 1. The molecule has 0 spiro atoms. The van der Waals surface area contributed by atoms with Crippen molar-refractivity contribution in [1.82, 2.24) is 5.32 Å². The van der Waals surface area contributed by atoms with Crippen molar-refractivity contribution in [1.29, 1.82) is 0 Å². The largest absolute Gasteiger partial charge is 0.394 e. The molecule has 3 heterocycles. The molecule has 0 aromatic heterocycles. The van der Waals surface area contributed by atoms with Crippen LogP contribution in [-0.2, 0) is 33.2 Å². The molecule has 12 N–H and O–H groups in total. The van der Waals surface area contributed by atoms with Gasteiger partial charge in [0.15, 0.2) is 18.9 Å². The molecule has 3 fully saturated rings. The second-order valence-electron chi connectivity index (χ2n) is 24.6. The normalized spacial score (nSPS) is 28.9. The third-order valence-corrected chi connectivity index (χ3v) is 17.1. The molecule has 17 atom stereocenters. The first-order valence-electron chi connectivity index (χ1n) is 34.4. The Balaban J connectivity index is 1.44. The third kappa shape index (κ3) is 32.7. The summed E-state index contributed by atoms with van der Waals surface area (Å²) in [4.78, 5) is 13.4. The van der Waals surface area contributed by atoms with E-state index in [0.29, 0.717) is 12.8 Å². The molecule has 3 aliphatic rings. The van der Waals surface area contributed by atoms with Gasteiger partial charge in [-0.2, -0.15) is 0 Å². The molecule has 1 amide bonds. The monoisotopic (exact) mass is 1240 g/mol. The Morgan fingerprint density at radius 3 is 1.24 bits per heavy atom. The Morgan fingerprint density at radius 1 is 0.414 bits per heavy atom. The summed E-state index contributed by atoms with van der Waals surface area (Å²) in [6.45, 7) is 1.68. The molecular formula is C68H123NO18. The number of nitrogens with one attached hydrogen (secondary N) is 1. The summed E-state index contributed by atoms with van der Waals surface area (Å²) in [6.07, 6.45) is 32.4. The first-order chi connectivity index (χ1) is 42.3. The van der Waals surface area contributed by atoms with E-state index in [1.165, 1.54) is 148 Å². The van der Waals surface area contributed by atoms with Crippen LogP contribution in [0.15, 0.2) is 48.6 Å². The van der Waals surface area contributed by atoms with Crippen molar-refractivity contribution in [3.8, 4) is 0 Å². The topological polar surface area (TPSA) is 307 Å². The standard InChI is InChI=1S/C68H123NO18/c1-3-5-7-9-11-13-15-17-19-20-21-22-23-24-25-26-27-28-29-30-32-33-35-37-39-41-43-45-52(73)51(69-56(74)46-44-42-40-38-36-34-31-18-16-14-12-10-8-6-4-2)50-82-66-62(80)59(77)64(54(48-71)84-66)87-68-63(81)60(78)65(55(49-72)85-68)86-67-61(79)58(76)57(75)53(47-70)83-67/h12,14,18,31,35,37,43,45,51-55,57-68,70-73,75-81H,3-11,13,15-17,19-30,32-34,36,38-42,44,46-50H2,1-2H3,(H,69,74)/b14-12-,31-18-,37-35+,45-43+. The summed E-state index contributed by atoms with van der Waals surface area (Å²) < 4.78 is 34.3. The molecule has 19 nitrogen and oxygen atoms in total. The smallest absolute Gasteiger partial charge is 0.220 e. The molecule has 0 aromatic carbocycles. The minimum Gasteiger partial charge on any atom is -0.394 e. The summed E-state index contributed by atoms with van der Waals surface area (Å²) in [7, 11) is 0. The molecule has 0 saturated carbocycles. The Hall–Kier alpha value is -2.25. The molecule has 19 heteroatoms. The quantitative estimate of drug-likeness (QED) is 0.0200. The second kappa shape index (κ2) is 50.3. The van der Waals surface area contributed by atoms with Crippen molar-refractivity contribution in [2.24, 2.45) is 0 Å². The van der Waals surface area contributed by atoms with E-state index in [9.17, 15) is 61.0 Å². The molecule has 3 saturated heterocycles. The van der Waals surface area contributed by atoms with E-state index in [1.54, 1.807) is 6.08 Å². The fourth-order valence-electron chi connectivity index (χ4n) is 11.5. The Labute approximate surface area is 523 Å². The Kier molecular flexibility index (Phi) is 45.7. The number of aliphatic hydroxyl groups is 11. The Morgan fingerprint density at radius 2 is 0.770 bits per heavy atom. The zero-order chi connectivity index (χ0) is 63.3. The van der Waals surface area contributed by atoms with Gasteiger partial charge >= 0.3 is 0 Å². The highest BCUT2D eigenvalue weighted by Crippen LogP contribution is 2.33. The maximum atomic E-state index is 13.4. The minimum atomic E-state index is -1.98. The second-order valence-corrected chi connectivity index (χ2v) is 24.6. The van der Waals surface area contributed by atoms with Crippen molar-refractivity contribution in [2.75, 3.05) is 26.4 Å². The maximum absolute atomic E-state index is 13.4. The number of rotatable bonds is 52. The number of aliphatic hydroxyl groups excluding tert-OH is 11. The van der Waals surface area contributed by atoms with E-state index in [0.717, 1.165) is 64.2 Å². The summed E-state index contributed by atoms with van der Waals surface area (Å²) in [6, 6.07) is -0.998. The lowest BCUT2D eigenvalue weighted by molar-refractivity contribution is -0.379. The van der Waals surface area contributed by atoms with Crippen molar-refractivity contribution < 1.29 is 89.4 Å². The summed E-state index contributed by atoms with van der Waals surface area (Å²) in [5.41, 5.74) is 0. The van der Waals surface area contributed by atoms with Gasteiger partial charge in [0, 0.05) is 6.42 Å². The first kappa shape index (κ1) is 79.0. The van der Waals surface area contributed by atoms with Gasteiger partial charge in [-0.25, -0.2) is 0 Å². The molecule has 508 valence electrons. The molecule has 3 aliphatic heterocycles. The predicted octanol–water partition coefficient (Wildman–Crippen LogP) is 8.61. The van der Waals surface area contributed by atoms with Gasteiger partial charge in [-0.3, -0.25) is 4.79 Å². The highest BCUT2D eigenvalue weighted by molar-refractivity contribution is 5.76. The lowest BCUT2D eigenvalue weighted by Crippen LogP contribution is -2.66. The van der Waals surface area contributed by atoms with E-state index >= 15 is 0 Å². The molecule has 0 bridgehead atoms. The summed E-state index contributed by atoms with van der Waals surface area (Å²) >= 11 is 0. The van der Waals surface area contributed by atoms with Gasteiger partial charge in [-0.15, -0.1) is 0 Å². The predicted molar refractivity (Wildman–Crippen MR) is 337 cm³/mol. The molecule has 3 rings (SSSR count). The van der Waals surface area contributed by atoms with Crippen molar-refractivity contribution in [2.45, 2.75) is 349 Å². The van der Waals surface area contributed by atoms with Crippen LogP contribution in [0.3, 0.4) is 0 Å². The number of unbranched alkanes of at least 4 members (excludes halogenated alkanes) is 30. The fraction of sp³-hybridized carbons (Fsp3) is 0.868. The van der Waals surface area contributed by atoms with E-state index in [4.69, 9.17) is 28.4 Å². The van der Waals surface area contributed by atoms with Crippen LogP contribution in [-0.4, -0.2) is 193 Å². The van der Waals surface area contributed by atoms with Crippen LogP contribution in [0.25, 0.3) is 0 Å². The number of carbonyl (C=O) groups excluding carboxylic acids is 1. The van der Waals surface area contributed by atoms with Gasteiger partial charge < -0.3 is 89.9 Å². The minimum absolute atomic E-state index is 0.218. The van der Waals surface area contributed by atoms with E-state index in [-0.39, 0.29) is 18.9 Å². The van der Waals surface area contributed by atoms with Crippen molar-refractivity contribution in [3.63, 3.8) is 0 Å². The number of hydrogen-bond acceptors (Lipinski definition) is 18. The third-order valence-electron chi connectivity index (χ3n) is 17.1. The van der Waals surface area contributed by atoms with E-state index < -0.39 is 124 Å². The van der Waals surface area contributed by atoms with Gasteiger partial charge in [0.1, 0.15) is 73.2 Å². The number of allylic oxidation sites excluding steroid dienone is 7. The van der Waals surface area contributed by atoms with Crippen LogP contribution in [0.4, 0.5) is 0 Å². The maximum Gasteiger partial charge on any atom is 0.220 e. The van der Waals surface area contributed by atoms with Crippen molar-refractivity contribution in [3.05, 3.63) is 48.6 Å². The van der Waals surface area contributed by atoms with E-state index in [2.05, 4.69) is 55.6 Å². The summed E-state index contributed by atoms with van der Waals surface area (Å²) in [5.74, 6) is -0.299. The van der Waals surface area contributed by atoms with Crippen LogP contribution in [0.1, 0.15) is 245 Å². The zero-order valence-corrected chi connectivity index (χ0v) is 53.5. The molecule has 0 radical (unpaired) electrons. The number of amides is 1. The first-order valence-corrected chi connectivity index (χ1v) is 34.4. The van der Waals surface area contributed by atoms with Crippen LogP contribution in [0.2, 0.25) is 0 Å². The fourth-order valence-corrected chi connectivity index (χ4v) is 11.5. The van der Waals surface area contributed by atoms with E-state index in [1.807, 2.05) is 6.08 Å². The molecule has 87 heavy (non-hydrogen) atoms. The molecular weight excluding hydrogens is 1120 g/mol. The molecule has 17 unspecified atom stereocenters. The lowest BCUT2D eigenvalue weighted by Gasteiger charge is -2.48. The average Bonchev–Trinajstić information content (AvgIpc) is 2.90. The number of hydrogen-bond donors (Lipinski definition) is 12. The van der Waals surface area contributed by atoms with Crippen LogP contribution < -0.4 is 5.32 Å². The van der Waals surface area contributed by atoms with Crippen LogP contribution in [0, 0.1) is 0 Å². The molecule has 0 aromatic rings. The average molecular weight is 1240 g/mol. The molecule has 0 aliphatic carbocycles. The van der Waals surface area contributed by atoms with Gasteiger partial charge in [0.2, 0.25) is 5.91 Å². The summed E-state index contributed by atoms with van der Waals surface area (Å²) in [5, 5.41) is 120. The number of ether oxygens (including phenoxy) is 6. The zero-order valence-electron chi connectivity index (χ0n) is 53.5. The van der Waals surface area contributed by atoms with Gasteiger partial charge in [-0.1, -0.05) is 223 Å². The van der Waals surface area contributed by atoms with Gasteiger partial charge in [-0.05, 0) is 64.2 Å². The lowest BCUT2D eigenvalue weighted by atomic mass is 9.96. The van der Waals surface area contributed by atoms with Gasteiger partial charge in [0.25, 0.3) is 0 Å². The highest BCUT2D eigenvalue weighted by atomic mass is 16.8. The SMILES string of the molecule is CCCCC/C=C\C/C=C\CCCCCCCC(=O)NC(COC1OC(CO)C(OC2OC(CO)C(OC3OC(CO)C(O)C(O)C3O)C(O)C2O)C(O)C1O)C(O)/C=C/CC/C=C/CCCCCCCCCCCCCCCCCCCCCCC. The Bertz CT molecular complexity index is 1770. The highest BCUT2D eigenvalue weighted by Gasteiger charge is 2.53. The van der Waals surface area contributed by atoms with Crippen LogP contribution >= 0.6 is 0 Å².